The molecule has 0 bridgehead atoms. The molecule has 2 rings (SSSR count). The maximum absolute atomic E-state index is 13.1. The molecule has 0 aliphatic rings. The van der Waals surface area contributed by atoms with Crippen molar-refractivity contribution >= 4 is 11.6 Å². The fourth-order valence-corrected chi connectivity index (χ4v) is 1.72. The Bertz CT molecular complexity index is 522. The van der Waals surface area contributed by atoms with Crippen LogP contribution in [0.1, 0.15) is 24.1 Å². The molecule has 0 aliphatic heterocycles. The molecule has 1 unspecified atom stereocenters. The van der Waals surface area contributed by atoms with Crippen molar-refractivity contribution in [1.29, 1.82) is 0 Å². The molecular formula is C12H13ClFN3. The highest BCUT2D eigenvalue weighted by Gasteiger charge is 2.06. The third kappa shape index (κ3) is 2.84. The summed E-state index contributed by atoms with van der Waals surface area (Å²) < 4.78 is 14.8. The molecule has 0 fully saturated rings. The first kappa shape index (κ1) is 12.1. The van der Waals surface area contributed by atoms with Crippen LogP contribution in [0.2, 0.25) is 5.02 Å². The van der Waals surface area contributed by atoms with Gasteiger partial charge in [-0.15, -0.1) is 0 Å². The van der Waals surface area contributed by atoms with Gasteiger partial charge < -0.3 is 5.73 Å². The smallest absolute Gasteiger partial charge is 0.123 e. The second-order valence-corrected chi connectivity index (χ2v) is 4.40. The van der Waals surface area contributed by atoms with Gasteiger partial charge in [-0.3, -0.25) is 4.68 Å². The van der Waals surface area contributed by atoms with Gasteiger partial charge in [0.05, 0.1) is 12.7 Å². The zero-order valence-electron chi connectivity index (χ0n) is 9.40. The summed E-state index contributed by atoms with van der Waals surface area (Å²) in [6.07, 6.45) is 3.55. The van der Waals surface area contributed by atoms with E-state index in [1.807, 2.05) is 13.1 Å². The fourth-order valence-electron chi connectivity index (χ4n) is 1.54. The van der Waals surface area contributed by atoms with E-state index in [0.717, 1.165) is 5.56 Å². The van der Waals surface area contributed by atoms with Crippen LogP contribution < -0.4 is 5.73 Å². The van der Waals surface area contributed by atoms with Crippen LogP contribution in [-0.2, 0) is 6.54 Å². The second-order valence-electron chi connectivity index (χ2n) is 4.00. The van der Waals surface area contributed by atoms with E-state index in [2.05, 4.69) is 5.10 Å². The van der Waals surface area contributed by atoms with Gasteiger partial charge in [0.2, 0.25) is 0 Å². The summed E-state index contributed by atoms with van der Waals surface area (Å²) in [5, 5.41) is 4.69. The minimum atomic E-state index is -0.302. The topological polar surface area (TPSA) is 43.8 Å². The van der Waals surface area contributed by atoms with Gasteiger partial charge in [-0.2, -0.15) is 5.10 Å². The number of hydrogen-bond donors (Lipinski definition) is 1. The van der Waals surface area contributed by atoms with Crippen molar-refractivity contribution in [3.63, 3.8) is 0 Å². The van der Waals surface area contributed by atoms with Crippen molar-refractivity contribution < 1.29 is 4.39 Å². The van der Waals surface area contributed by atoms with E-state index in [4.69, 9.17) is 17.3 Å². The van der Waals surface area contributed by atoms with E-state index < -0.39 is 0 Å². The third-order valence-electron chi connectivity index (χ3n) is 2.52. The third-order valence-corrected chi connectivity index (χ3v) is 2.89. The number of aromatic nitrogens is 2. The van der Waals surface area contributed by atoms with Crippen molar-refractivity contribution in [2.24, 2.45) is 5.73 Å². The predicted octanol–water partition coefficient (Wildman–Crippen LogP) is 2.74. The summed E-state index contributed by atoms with van der Waals surface area (Å²) in [4.78, 5) is 0. The maximum atomic E-state index is 13.1. The molecule has 3 nitrogen and oxygen atoms in total. The summed E-state index contributed by atoms with van der Waals surface area (Å²) >= 11 is 5.98. The Morgan fingerprint density at radius 1 is 1.53 bits per heavy atom. The van der Waals surface area contributed by atoms with Crippen LogP contribution in [0.3, 0.4) is 0 Å². The number of halogens is 2. The quantitative estimate of drug-likeness (QED) is 0.914. The van der Waals surface area contributed by atoms with Crippen molar-refractivity contribution in [1.82, 2.24) is 9.78 Å². The molecule has 0 radical (unpaired) electrons. The number of hydrogen-bond acceptors (Lipinski definition) is 2. The summed E-state index contributed by atoms with van der Waals surface area (Å²) in [5.41, 5.74) is 7.38. The minimum absolute atomic E-state index is 0.0632. The molecule has 1 atom stereocenters. The normalized spacial score (nSPS) is 12.7. The standard InChI is InChI=1S/C12H13ClFN3/c1-8(15)10-5-16-17(7-10)6-9-4-11(14)2-3-12(9)13/h2-5,7-8H,6,15H2,1H3. The van der Waals surface area contributed by atoms with E-state index in [1.54, 1.807) is 16.9 Å². The van der Waals surface area contributed by atoms with Crippen LogP contribution in [0.25, 0.3) is 0 Å². The van der Waals surface area contributed by atoms with Crippen molar-refractivity contribution in [2.45, 2.75) is 19.5 Å². The van der Waals surface area contributed by atoms with Gasteiger partial charge >= 0.3 is 0 Å². The first-order valence-corrected chi connectivity index (χ1v) is 5.66. The molecule has 1 heterocycles. The lowest BCUT2D eigenvalue weighted by Crippen LogP contribution is -2.04. The Hall–Kier alpha value is -1.39. The van der Waals surface area contributed by atoms with E-state index in [-0.39, 0.29) is 11.9 Å². The monoisotopic (exact) mass is 253 g/mol. The van der Waals surface area contributed by atoms with Gasteiger partial charge in [0.25, 0.3) is 0 Å². The molecule has 0 saturated heterocycles. The average molecular weight is 254 g/mol. The summed E-state index contributed by atoms with van der Waals surface area (Å²) in [6.45, 7) is 2.32. The largest absolute Gasteiger partial charge is 0.324 e. The van der Waals surface area contributed by atoms with E-state index in [9.17, 15) is 4.39 Å². The average Bonchev–Trinajstić information content (AvgIpc) is 2.72. The van der Waals surface area contributed by atoms with Gasteiger partial charge in [0, 0.05) is 22.8 Å². The van der Waals surface area contributed by atoms with Gasteiger partial charge in [-0.25, -0.2) is 4.39 Å². The number of nitrogens with two attached hydrogens (primary N) is 1. The zero-order valence-corrected chi connectivity index (χ0v) is 10.2. The first-order chi connectivity index (χ1) is 8.06. The Morgan fingerprint density at radius 3 is 2.94 bits per heavy atom. The van der Waals surface area contributed by atoms with Crippen molar-refractivity contribution in [3.05, 3.63) is 52.6 Å². The molecular weight excluding hydrogens is 241 g/mol. The van der Waals surface area contributed by atoms with E-state index in [1.165, 1.54) is 12.1 Å². The Kier molecular flexibility index (Phi) is 3.45. The molecule has 1 aromatic carbocycles. The van der Waals surface area contributed by atoms with Gasteiger partial charge in [-0.1, -0.05) is 11.6 Å². The van der Waals surface area contributed by atoms with Crippen LogP contribution in [0.15, 0.2) is 30.6 Å². The molecule has 90 valence electrons. The fraction of sp³-hybridized carbons (Fsp3) is 0.250. The Labute approximate surface area is 104 Å². The van der Waals surface area contributed by atoms with E-state index in [0.29, 0.717) is 17.1 Å². The molecule has 0 saturated carbocycles. The lowest BCUT2D eigenvalue weighted by atomic mass is 10.2. The molecule has 2 N–H and O–H groups in total. The maximum Gasteiger partial charge on any atom is 0.123 e. The lowest BCUT2D eigenvalue weighted by Gasteiger charge is -2.05. The lowest BCUT2D eigenvalue weighted by molar-refractivity contribution is 0.619. The number of nitrogens with zero attached hydrogens (tertiary/aromatic N) is 2. The molecule has 0 amide bonds. The molecule has 2 aromatic rings. The van der Waals surface area contributed by atoms with Gasteiger partial charge in [0.15, 0.2) is 0 Å². The first-order valence-electron chi connectivity index (χ1n) is 5.28. The Morgan fingerprint density at radius 2 is 2.29 bits per heavy atom. The second kappa shape index (κ2) is 4.85. The minimum Gasteiger partial charge on any atom is -0.324 e. The highest BCUT2D eigenvalue weighted by atomic mass is 35.5. The molecule has 1 aromatic heterocycles. The van der Waals surface area contributed by atoms with Crippen LogP contribution in [0.4, 0.5) is 4.39 Å². The van der Waals surface area contributed by atoms with Gasteiger partial charge in [0.1, 0.15) is 5.82 Å². The van der Waals surface area contributed by atoms with Crippen molar-refractivity contribution in [3.8, 4) is 0 Å². The summed E-state index contributed by atoms with van der Waals surface area (Å²) in [6, 6.07) is 4.23. The van der Waals surface area contributed by atoms with Crippen LogP contribution in [0.5, 0.6) is 0 Å². The molecule has 5 heteroatoms. The zero-order chi connectivity index (χ0) is 12.4. The number of rotatable bonds is 3. The highest BCUT2D eigenvalue weighted by molar-refractivity contribution is 6.31. The van der Waals surface area contributed by atoms with E-state index >= 15 is 0 Å². The predicted molar refractivity (Wildman–Crippen MR) is 65.3 cm³/mol. The van der Waals surface area contributed by atoms with Crippen LogP contribution in [0, 0.1) is 5.82 Å². The van der Waals surface area contributed by atoms with Crippen molar-refractivity contribution in [2.75, 3.05) is 0 Å². The molecule has 0 aliphatic carbocycles. The molecule has 0 spiro atoms. The number of benzene rings is 1. The summed E-state index contributed by atoms with van der Waals surface area (Å²) in [7, 11) is 0. The van der Waals surface area contributed by atoms with Crippen LogP contribution >= 0.6 is 11.6 Å². The summed E-state index contributed by atoms with van der Waals surface area (Å²) in [5.74, 6) is -0.302. The molecule has 17 heavy (non-hydrogen) atoms. The van der Waals surface area contributed by atoms with Crippen LogP contribution in [-0.4, -0.2) is 9.78 Å². The Balaban J connectivity index is 2.22. The SMILES string of the molecule is CC(N)c1cnn(Cc2cc(F)ccc2Cl)c1. The highest BCUT2D eigenvalue weighted by Crippen LogP contribution is 2.18. The van der Waals surface area contributed by atoms with Gasteiger partial charge in [-0.05, 0) is 30.7 Å².